The summed E-state index contributed by atoms with van der Waals surface area (Å²) in [5.41, 5.74) is 2.78. The predicted molar refractivity (Wildman–Crippen MR) is 107 cm³/mol. The summed E-state index contributed by atoms with van der Waals surface area (Å²) in [7, 11) is 2.18. The molecule has 2 aliphatic heterocycles. The van der Waals surface area contributed by atoms with Crippen molar-refractivity contribution in [3.8, 4) is 0 Å². The molecule has 4 rings (SSSR count). The maximum atomic E-state index is 12.2. The molecule has 2 fully saturated rings. The number of nitrogens with zero attached hydrogens (tertiary/aromatic N) is 3. The highest BCUT2D eigenvalue weighted by Crippen LogP contribution is 2.21. The average Bonchev–Trinajstić information content (AvgIpc) is 2.71. The number of likely N-dealkylation sites (tertiary alicyclic amines) is 1. The first-order chi connectivity index (χ1) is 13.2. The van der Waals surface area contributed by atoms with E-state index in [2.05, 4.69) is 21.7 Å². The highest BCUT2D eigenvalue weighted by atomic mass is 16.5. The number of hydrogen-bond acceptors (Lipinski definition) is 5. The van der Waals surface area contributed by atoms with Crippen molar-refractivity contribution < 1.29 is 9.53 Å². The molecule has 0 aromatic heterocycles. The SMILES string of the molecule is CN1CC(N2CCN(c3ccc(C(=O)OCc4ccccc4)cc3)CC2)C1. The zero-order valence-electron chi connectivity index (χ0n) is 15.9. The average molecular weight is 365 g/mol. The monoisotopic (exact) mass is 365 g/mol. The van der Waals surface area contributed by atoms with Gasteiger partial charge in [-0.3, -0.25) is 4.90 Å². The Labute approximate surface area is 161 Å². The molecule has 2 saturated heterocycles. The third-order valence-corrected chi connectivity index (χ3v) is 5.56. The molecule has 27 heavy (non-hydrogen) atoms. The number of carbonyl (C=O) groups excluding carboxylic acids is 1. The summed E-state index contributed by atoms with van der Waals surface area (Å²) in [5, 5.41) is 0. The normalized spacial score (nSPS) is 18.9. The molecule has 2 aromatic carbocycles. The molecule has 5 heteroatoms. The van der Waals surface area contributed by atoms with E-state index in [-0.39, 0.29) is 5.97 Å². The van der Waals surface area contributed by atoms with E-state index in [0.29, 0.717) is 12.2 Å². The summed E-state index contributed by atoms with van der Waals surface area (Å²) >= 11 is 0. The lowest BCUT2D eigenvalue weighted by Crippen LogP contribution is -2.61. The molecule has 2 aliphatic rings. The number of piperazine rings is 1. The van der Waals surface area contributed by atoms with E-state index >= 15 is 0 Å². The summed E-state index contributed by atoms with van der Waals surface area (Å²) < 4.78 is 5.40. The Bertz CT molecular complexity index is 749. The van der Waals surface area contributed by atoms with Gasteiger partial charge in [0.2, 0.25) is 0 Å². The van der Waals surface area contributed by atoms with Crippen molar-refractivity contribution in [2.45, 2.75) is 12.6 Å². The van der Waals surface area contributed by atoms with Crippen LogP contribution in [0.2, 0.25) is 0 Å². The maximum Gasteiger partial charge on any atom is 0.338 e. The van der Waals surface area contributed by atoms with Gasteiger partial charge in [-0.05, 0) is 36.9 Å². The lowest BCUT2D eigenvalue weighted by molar-refractivity contribution is 0.0472. The Morgan fingerprint density at radius 1 is 0.963 bits per heavy atom. The zero-order chi connectivity index (χ0) is 18.6. The van der Waals surface area contributed by atoms with Gasteiger partial charge >= 0.3 is 5.97 Å². The van der Waals surface area contributed by atoms with Crippen LogP contribution < -0.4 is 4.90 Å². The van der Waals surface area contributed by atoms with Crippen LogP contribution in [0.3, 0.4) is 0 Å². The molecular formula is C22H27N3O2. The van der Waals surface area contributed by atoms with Crippen LogP contribution in [-0.4, -0.2) is 68.1 Å². The first-order valence-corrected chi connectivity index (χ1v) is 9.68. The van der Waals surface area contributed by atoms with Crippen molar-refractivity contribution in [2.24, 2.45) is 0 Å². The minimum absolute atomic E-state index is 0.274. The molecule has 0 N–H and O–H groups in total. The fourth-order valence-corrected chi connectivity index (χ4v) is 3.86. The van der Waals surface area contributed by atoms with E-state index in [4.69, 9.17) is 4.74 Å². The van der Waals surface area contributed by atoms with Crippen LogP contribution in [0.25, 0.3) is 0 Å². The number of carbonyl (C=O) groups is 1. The molecular weight excluding hydrogens is 338 g/mol. The van der Waals surface area contributed by atoms with Crippen molar-refractivity contribution in [1.82, 2.24) is 9.80 Å². The highest BCUT2D eigenvalue weighted by Gasteiger charge is 2.31. The summed E-state index contributed by atoms with van der Waals surface area (Å²) in [6, 6.07) is 18.3. The third-order valence-electron chi connectivity index (χ3n) is 5.56. The number of anilines is 1. The fraction of sp³-hybridized carbons (Fsp3) is 0.409. The van der Waals surface area contributed by atoms with Crippen molar-refractivity contribution in [3.05, 3.63) is 65.7 Å². The molecule has 0 spiro atoms. The standard InChI is InChI=1S/C22H27N3O2/c1-23-15-21(16-23)25-13-11-24(12-14-25)20-9-7-19(8-10-20)22(26)27-17-18-5-3-2-4-6-18/h2-10,21H,11-17H2,1H3. The number of esters is 1. The second kappa shape index (κ2) is 8.11. The number of ether oxygens (including phenoxy) is 1. The van der Waals surface area contributed by atoms with Gasteiger partial charge in [-0.2, -0.15) is 0 Å². The van der Waals surface area contributed by atoms with Gasteiger partial charge in [0.1, 0.15) is 6.61 Å². The van der Waals surface area contributed by atoms with E-state index < -0.39 is 0 Å². The van der Waals surface area contributed by atoms with Crippen LogP contribution in [0.4, 0.5) is 5.69 Å². The van der Waals surface area contributed by atoms with Crippen molar-refractivity contribution in [3.63, 3.8) is 0 Å². The number of hydrogen-bond donors (Lipinski definition) is 0. The molecule has 0 bridgehead atoms. The summed E-state index contributed by atoms with van der Waals surface area (Å²) in [4.78, 5) is 19.6. The lowest BCUT2D eigenvalue weighted by Gasteiger charge is -2.47. The quantitative estimate of drug-likeness (QED) is 0.761. The van der Waals surface area contributed by atoms with Crippen LogP contribution in [-0.2, 0) is 11.3 Å². The molecule has 0 unspecified atom stereocenters. The third kappa shape index (κ3) is 4.31. The van der Waals surface area contributed by atoms with Gasteiger partial charge in [0.15, 0.2) is 0 Å². The Morgan fingerprint density at radius 2 is 1.63 bits per heavy atom. The Hall–Kier alpha value is -2.37. The van der Waals surface area contributed by atoms with Crippen LogP contribution >= 0.6 is 0 Å². The van der Waals surface area contributed by atoms with E-state index in [1.54, 1.807) is 0 Å². The summed E-state index contributed by atoms with van der Waals surface area (Å²) in [5.74, 6) is -0.274. The van der Waals surface area contributed by atoms with Crippen LogP contribution in [0.1, 0.15) is 15.9 Å². The number of likely N-dealkylation sites (N-methyl/N-ethyl adjacent to an activating group) is 1. The van der Waals surface area contributed by atoms with Crippen molar-refractivity contribution >= 4 is 11.7 Å². The molecule has 0 saturated carbocycles. The minimum atomic E-state index is -0.274. The first kappa shape index (κ1) is 18.0. The second-order valence-electron chi connectivity index (χ2n) is 7.51. The Morgan fingerprint density at radius 3 is 2.26 bits per heavy atom. The molecule has 142 valence electrons. The summed E-state index contributed by atoms with van der Waals surface area (Å²) in [6.07, 6.45) is 0. The van der Waals surface area contributed by atoms with Crippen LogP contribution in [0.15, 0.2) is 54.6 Å². The molecule has 2 aromatic rings. The highest BCUT2D eigenvalue weighted by molar-refractivity contribution is 5.89. The molecule has 0 amide bonds. The van der Waals surface area contributed by atoms with Crippen molar-refractivity contribution in [2.75, 3.05) is 51.2 Å². The zero-order valence-corrected chi connectivity index (χ0v) is 15.9. The van der Waals surface area contributed by atoms with Gasteiger partial charge in [0, 0.05) is 51.0 Å². The first-order valence-electron chi connectivity index (χ1n) is 9.68. The molecule has 5 nitrogen and oxygen atoms in total. The molecule has 0 aliphatic carbocycles. The Balaban J connectivity index is 1.28. The van der Waals surface area contributed by atoms with Crippen LogP contribution in [0.5, 0.6) is 0 Å². The van der Waals surface area contributed by atoms with Gasteiger partial charge in [-0.1, -0.05) is 30.3 Å². The van der Waals surface area contributed by atoms with Gasteiger partial charge < -0.3 is 14.5 Å². The number of rotatable bonds is 5. The van der Waals surface area contributed by atoms with E-state index in [9.17, 15) is 4.79 Å². The molecule has 0 radical (unpaired) electrons. The topological polar surface area (TPSA) is 36.0 Å². The fourth-order valence-electron chi connectivity index (χ4n) is 3.86. The van der Waals surface area contributed by atoms with E-state index in [1.165, 1.54) is 18.8 Å². The van der Waals surface area contributed by atoms with Gasteiger partial charge in [-0.25, -0.2) is 4.79 Å². The number of benzene rings is 2. The van der Waals surface area contributed by atoms with Gasteiger partial charge in [0.25, 0.3) is 0 Å². The van der Waals surface area contributed by atoms with Gasteiger partial charge in [0.05, 0.1) is 5.56 Å². The predicted octanol–water partition coefficient (Wildman–Crippen LogP) is 2.48. The maximum absolute atomic E-state index is 12.2. The molecule has 0 atom stereocenters. The van der Waals surface area contributed by atoms with Gasteiger partial charge in [-0.15, -0.1) is 0 Å². The van der Waals surface area contributed by atoms with Crippen molar-refractivity contribution in [1.29, 1.82) is 0 Å². The minimum Gasteiger partial charge on any atom is -0.457 e. The summed E-state index contributed by atoms with van der Waals surface area (Å²) in [6.45, 7) is 6.99. The molecule has 2 heterocycles. The van der Waals surface area contributed by atoms with Crippen LogP contribution in [0, 0.1) is 0 Å². The largest absolute Gasteiger partial charge is 0.457 e. The van der Waals surface area contributed by atoms with E-state index in [1.807, 2.05) is 54.6 Å². The van der Waals surface area contributed by atoms with E-state index in [0.717, 1.165) is 37.8 Å². The Kier molecular flexibility index (Phi) is 5.41. The second-order valence-corrected chi connectivity index (χ2v) is 7.51. The smallest absolute Gasteiger partial charge is 0.338 e. The lowest BCUT2D eigenvalue weighted by atomic mass is 10.1.